The molecule has 1 saturated heterocycles. The van der Waals surface area contributed by atoms with Crippen molar-refractivity contribution in [2.75, 3.05) is 13.2 Å². The van der Waals surface area contributed by atoms with Crippen LogP contribution in [0.4, 0.5) is 22.0 Å². The van der Waals surface area contributed by atoms with Gasteiger partial charge in [-0.2, -0.15) is 18.2 Å². The summed E-state index contributed by atoms with van der Waals surface area (Å²) in [4.78, 5) is 30.7. The van der Waals surface area contributed by atoms with Crippen LogP contribution in [0.25, 0.3) is 11.4 Å². The molecule has 2 fully saturated rings. The second-order valence-electron chi connectivity index (χ2n) is 8.26. The second-order valence-corrected chi connectivity index (χ2v) is 8.26. The molecular formula is C20H17F5N4O4. The minimum Gasteiger partial charge on any atom is -0.379 e. The number of nitrogens with zero attached hydrogens (tertiary/aromatic N) is 4. The van der Waals surface area contributed by atoms with Crippen molar-refractivity contribution in [1.82, 2.24) is 19.9 Å². The van der Waals surface area contributed by atoms with E-state index in [1.165, 1.54) is 17.0 Å². The van der Waals surface area contributed by atoms with E-state index in [2.05, 4.69) is 14.7 Å². The number of rotatable bonds is 5. The van der Waals surface area contributed by atoms with Crippen LogP contribution in [0.5, 0.6) is 0 Å². The second kappa shape index (κ2) is 7.47. The standard InChI is InChI=1S/C20H17F5N4O4/c21-19(22)6-15(19)29(9-30)14-8-32-4-3-13(14)28-7-11-2-1-10(5-12(11)17(28)31)16-26-18(33-27-16)20(23,24)25/h1-2,5,9,13-15H,3-4,6-8H2/t13-,14-,15-/m1/s1. The maximum absolute atomic E-state index is 13.7. The smallest absolute Gasteiger partial charge is 0.379 e. The fourth-order valence-corrected chi connectivity index (χ4v) is 4.45. The van der Waals surface area contributed by atoms with E-state index in [-0.39, 0.29) is 30.1 Å². The molecule has 3 aliphatic rings. The summed E-state index contributed by atoms with van der Waals surface area (Å²) in [5, 5.41) is 3.33. The molecule has 2 aliphatic heterocycles. The van der Waals surface area contributed by atoms with Gasteiger partial charge in [0.25, 0.3) is 11.8 Å². The fourth-order valence-electron chi connectivity index (χ4n) is 4.45. The number of halogens is 5. The highest BCUT2D eigenvalue weighted by molar-refractivity contribution is 5.99. The lowest BCUT2D eigenvalue weighted by molar-refractivity contribution is -0.159. The lowest BCUT2D eigenvalue weighted by atomic mass is 10.00. The Bertz CT molecular complexity index is 1100. The van der Waals surface area contributed by atoms with Crippen molar-refractivity contribution in [3.8, 4) is 11.4 Å². The highest BCUT2D eigenvalue weighted by Crippen LogP contribution is 2.47. The molecule has 3 atom stereocenters. The lowest BCUT2D eigenvalue weighted by Crippen LogP contribution is -2.57. The first kappa shape index (κ1) is 21.7. The predicted molar refractivity (Wildman–Crippen MR) is 98.9 cm³/mol. The molecule has 1 aromatic carbocycles. The molecule has 1 saturated carbocycles. The molecule has 2 aromatic rings. The third-order valence-corrected chi connectivity index (χ3v) is 6.22. The molecule has 3 heterocycles. The normalized spacial score (nSPS) is 26.3. The molecule has 33 heavy (non-hydrogen) atoms. The molecule has 1 aliphatic carbocycles. The lowest BCUT2D eigenvalue weighted by Gasteiger charge is -2.42. The zero-order valence-electron chi connectivity index (χ0n) is 16.9. The van der Waals surface area contributed by atoms with Crippen LogP contribution in [0, 0.1) is 0 Å². The van der Waals surface area contributed by atoms with E-state index in [0.29, 0.717) is 25.0 Å². The number of benzene rings is 1. The highest BCUT2D eigenvalue weighted by Gasteiger charge is 2.62. The predicted octanol–water partition coefficient (Wildman–Crippen LogP) is 2.73. The Labute approximate surface area is 183 Å². The zero-order valence-corrected chi connectivity index (χ0v) is 16.9. The van der Waals surface area contributed by atoms with Gasteiger partial charge in [0.05, 0.1) is 18.7 Å². The molecule has 0 unspecified atom stereocenters. The van der Waals surface area contributed by atoms with E-state index in [1.54, 1.807) is 6.07 Å². The van der Waals surface area contributed by atoms with E-state index in [4.69, 9.17) is 4.74 Å². The monoisotopic (exact) mass is 472 g/mol. The van der Waals surface area contributed by atoms with Crippen molar-refractivity contribution in [3.05, 3.63) is 35.2 Å². The Morgan fingerprint density at radius 1 is 1.27 bits per heavy atom. The number of fused-ring (bicyclic) bond motifs is 1. The molecule has 13 heteroatoms. The minimum absolute atomic E-state index is 0.0183. The Hall–Kier alpha value is -3.09. The summed E-state index contributed by atoms with van der Waals surface area (Å²) in [6, 6.07) is 1.92. The Kier molecular flexibility index (Phi) is 4.92. The van der Waals surface area contributed by atoms with E-state index in [1.807, 2.05) is 0 Å². The van der Waals surface area contributed by atoms with E-state index < -0.39 is 48.4 Å². The van der Waals surface area contributed by atoms with Crippen LogP contribution in [-0.4, -0.2) is 69.5 Å². The molecule has 0 bridgehead atoms. The number of aromatic nitrogens is 2. The number of hydrogen-bond acceptors (Lipinski definition) is 6. The number of carbonyl (C=O) groups is 2. The van der Waals surface area contributed by atoms with Gasteiger partial charge in [-0.05, 0) is 18.1 Å². The van der Waals surface area contributed by atoms with E-state index >= 15 is 0 Å². The molecule has 5 rings (SSSR count). The van der Waals surface area contributed by atoms with Crippen LogP contribution in [0.15, 0.2) is 22.7 Å². The van der Waals surface area contributed by atoms with Crippen LogP contribution in [0.3, 0.4) is 0 Å². The number of ether oxygens (including phenoxy) is 1. The summed E-state index contributed by atoms with van der Waals surface area (Å²) in [5.74, 6) is -5.20. The fraction of sp³-hybridized carbons (Fsp3) is 0.500. The summed E-state index contributed by atoms with van der Waals surface area (Å²) in [6.45, 7) is 0.483. The van der Waals surface area contributed by atoms with Gasteiger partial charge in [0.15, 0.2) is 0 Å². The van der Waals surface area contributed by atoms with Gasteiger partial charge >= 0.3 is 12.1 Å². The first-order chi connectivity index (χ1) is 15.6. The summed E-state index contributed by atoms with van der Waals surface area (Å²) in [6.07, 6.45) is -4.51. The molecule has 0 radical (unpaired) electrons. The van der Waals surface area contributed by atoms with Crippen LogP contribution < -0.4 is 0 Å². The highest BCUT2D eigenvalue weighted by atomic mass is 19.4. The molecule has 8 nitrogen and oxygen atoms in total. The first-order valence-electron chi connectivity index (χ1n) is 10.1. The number of hydrogen-bond donors (Lipinski definition) is 0. The van der Waals surface area contributed by atoms with Crippen molar-refractivity contribution in [2.24, 2.45) is 0 Å². The van der Waals surface area contributed by atoms with Gasteiger partial charge in [-0.15, -0.1) is 0 Å². The van der Waals surface area contributed by atoms with E-state index in [9.17, 15) is 31.5 Å². The van der Waals surface area contributed by atoms with Crippen molar-refractivity contribution in [2.45, 2.75) is 49.6 Å². The van der Waals surface area contributed by atoms with Crippen molar-refractivity contribution >= 4 is 12.3 Å². The van der Waals surface area contributed by atoms with Crippen molar-refractivity contribution in [1.29, 1.82) is 0 Å². The third-order valence-electron chi connectivity index (χ3n) is 6.22. The average Bonchev–Trinajstić information content (AvgIpc) is 3.13. The van der Waals surface area contributed by atoms with Crippen LogP contribution >= 0.6 is 0 Å². The van der Waals surface area contributed by atoms with Gasteiger partial charge < -0.3 is 19.1 Å². The quantitative estimate of drug-likeness (QED) is 0.491. The zero-order chi connectivity index (χ0) is 23.5. The molecule has 2 amide bonds. The van der Waals surface area contributed by atoms with Gasteiger partial charge in [-0.1, -0.05) is 17.3 Å². The van der Waals surface area contributed by atoms with Gasteiger partial charge in [0, 0.05) is 30.7 Å². The van der Waals surface area contributed by atoms with Gasteiger partial charge in [-0.3, -0.25) is 9.59 Å². The Morgan fingerprint density at radius 3 is 2.67 bits per heavy atom. The van der Waals surface area contributed by atoms with Gasteiger partial charge in [-0.25, -0.2) is 8.78 Å². The average molecular weight is 472 g/mol. The molecular weight excluding hydrogens is 455 g/mol. The number of amides is 2. The number of alkyl halides is 5. The Morgan fingerprint density at radius 2 is 2.03 bits per heavy atom. The van der Waals surface area contributed by atoms with Crippen LogP contribution in [-0.2, 0) is 22.3 Å². The SMILES string of the molecule is O=CN([C@@H]1COCC[C@H]1N1Cc2ccc(-c3noc(C(F)(F)F)n3)cc2C1=O)[C@@H]1CC1(F)F. The summed E-state index contributed by atoms with van der Waals surface area (Å²) < 4.78 is 75.2. The van der Waals surface area contributed by atoms with Gasteiger partial charge in [0.1, 0.15) is 6.04 Å². The van der Waals surface area contributed by atoms with Crippen molar-refractivity contribution < 1.29 is 40.8 Å². The van der Waals surface area contributed by atoms with E-state index in [0.717, 1.165) is 4.90 Å². The van der Waals surface area contributed by atoms with Crippen LogP contribution in [0.1, 0.15) is 34.7 Å². The largest absolute Gasteiger partial charge is 0.471 e. The van der Waals surface area contributed by atoms with Crippen LogP contribution in [0.2, 0.25) is 0 Å². The molecule has 0 N–H and O–H groups in total. The molecule has 176 valence electrons. The molecule has 1 aromatic heterocycles. The molecule has 0 spiro atoms. The summed E-state index contributed by atoms with van der Waals surface area (Å²) in [5.41, 5.74) is 1.02. The topological polar surface area (TPSA) is 88.8 Å². The first-order valence-corrected chi connectivity index (χ1v) is 10.1. The third kappa shape index (κ3) is 3.73. The number of carbonyl (C=O) groups excluding carboxylic acids is 2. The minimum atomic E-state index is -4.80. The maximum Gasteiger partial charge on any atom is 0.471 e. The maximum atomic E-state index is 13.7. The summed E-state index contributed by atoms with van der Waals surface area (Å²) >= 11 is 0. The summed E-state index contributed by atoms with van der Waals surface area (Å²) in [7, 11) is 0. The Balaban J connectivity index is 1.40. The van der Waals surface area contributed by atoms with Crippen molar-refractivity contribution in [3.63, 3.8) is 0 Å². The van der Waals surface area contributed by atoms with Gasteiger partial charge in [0.2, 0.25) is 12.2 Å².